The molecule has 3 aromatic rings. The summed E-state index contributed by atoms with van der Waals surface area (Å²) < 4.78 is 5.52. The van der Waals surface area contributed by atoms with E-state index >= 15 is 0 Å². The number of hydrogen-bond donors (Lipinski definition) is 2. The number of carbonyl (C=O) groups excluding carboxylic acids is 1. The molecule has 0 aromatic heterocycles. The molecule has 0 atom stereocenters. The molecule has 0 saturated carbocycles. The summed E-state index contributed by atoms with van der Waals surface area (Å²) in [5, 5.41) is 12.0. The highest BCUT2D eigenvalue weighted by molar-refractivity contribution is 5.91. The van der Waals surface area contributed by atoms with E-state index in [-0.39, 0.29) is 12.5 Å². The van der Waals surface area contributed by atoms with Crippen LogP contribution in [0.2, 0.25) is 0 Å². The van der Waals surface area contributed by atoms with Crippen molar-refractivity contribution in [1.29, 1.82) is 0 Å². The Morgan fingerprint density at radius 2 is 1.53 bits per heavy atom. The van der Waals surface area contributed by atoms with Crippen molar-refractivity contribution in [2.24, 2.45) is 0 Å². The van der Waals surface area contributed by atoms with Gasteiger partial charge in [0.1, 0.15) is 6.61 Å². The molecule has 5 nitrogen and oxygen atoms in total. The van der Waals surface area contributed by atoms with E-state index in [4.69, 9.17) is 4.74 Å². The second-order valence-corrected chi connectivity index (χ2v) is 7.94. The summed E-state index contributed by atoms with van der Waals surface area (Å²) in [6.07, 6.45) is 3.20. The molecule has 5 heteroatoms. The number of fused-ring (bicyclic) bond motifs is 3. The number of carboxylic acids is 1. The molecular formula is C27H25NO4. The van der Waals surface area contributed by atoms with Gasteiger partial charge in [0.15, 0.2) is 0 Å². The molecule has 2 N–H and O–H groups in total. The molecule has 162 valence electrons. The molecule has 1 amide bonds. The van der Waals surface area contributed by atoms with Crippen LogP contribution >= 0.6 is 0 Å². The maximum atomic E-state index is 12.2. The van der Waals surface area contributed by atoms with Gasteiger partial charge in [0.25, 0.3) is 0 Å². The molecule has 0 aliphatic heterocycles. The average molecular weight is 428 g/mol. The van der Waals surface area contributed by atoms with E-state index in [2.05, 4.69) is 29.6 Å². The highest BCUT2D eigenvalue weighted by atomic mass is 16.5. The third kappa shape index (κ3) is 4.28. The standard InChI is InChI=1S/C27H25NO4/c1-17-14-19(15-18(2)25(17)26(29)30)8-7-13-28-27(31)32-16-24-22-11-5-3-9-20(22)21-10-4-6-12-23(21)24/h3-12,14-15,24H,13,16H2,1-2H3,(H,28,31)(H,29,30). The third-order valence-corrected chi connectivity index (χ3v) is 5.79. The van der Waals surface area contributed by atoms with Crippen molar-refractivity contribution in [3.63, 3.8) is 0 Å². The van der Waals surface area contributed by atoms with Crippen molar-refractivity contribution in [3.8, 4) is 11.1 Å². The zero-order valence-corrected chi connectivity index (χ0v) is 18.1. The normalized spacial score (nSPS) is 12.4. The second-order valence-electron chi connectivity index (χ2n) is 7.94. The predicted molar refractivity (Wildman–Crippen MR) is 125 cm³/mol. The van der Waals surface area contributed by atoms with E-state index in [1.807, 2.05) is 48.6 Å². The van der Waals surface area contributed by atoms with E-state index in [9.17, 15) is 14.7 Å². The quantitative estimate of drug-likeness (QED) is 0.541. The number of nitrogens with one attached hydrogen (secondary N) is 1. The number of carbonyl (C=O) groups is 2. The lowest BCUT2D eigenvalue weighted by Crippen LogP contribution is -2.26. The third-order valence-electron chi connectivity index (χ3n) is 5.79. The molecular weight excluding hydrogens is 402 g/mol. The minimum atomic E-state index is -0.924. The maximum absolute atomic E-state index is 12.2. The van der Waals surface area contributed by atoms with Gasteiger partial charge in [-0.2, -0.15) is 0 Å². The van der Waals surface area contributed by atoms with Crippen LogP contribution in [0.3, 0.4) is 0 Å². The van der Waals surface area contributed by atoms with Crippen molar-refractivity contribution < 1.29 is 19.4 Å². The van der Waals surface area contributed by atoms with Crippen molar-refractivity contribution >= 4 is 18.1 Å². The number of carboxylic acid groups (broad SMARTS) is 1. The molecule has 0 saturated heterocycles. The molecule has 4 rings (SSSR count). The predicted octanol–water partition coefficient (Wildman–Crippen LogP) is 5.55. The first-order valence-corrected chi connectivity index (χ1v) is 10.6. The lowest BCUT2D eigenvalue weighted by atomic mass is 9.98. The summed E-state index contributed by atoms with van der Waals surface area (Å²) >= 11 is 0. The summed E-state index contributed by atoms with van der Waals surface area (Å²) in [6, 6.07) is 20.1. The fraction of sp³-hybridized carbons (Fsp3) is 0.185. The zero-order valence-electron chi connectivity index (χ0n) is 18.1. The minimum Gasteiger partial charge on any atom is -0.478 e. The Labute approximate surface area is 187 Å². The summed E-state index contributed by atoms with van der Waals surface area (Å²) in [5.74, 6) is -0.894. The summed E-state index contributed by atoms with van der Waals surface area (Å²) in [5.41, 5.74) is 7.38. The first-order chi connectivity index (χ1) is 15.5. The van der Waals surface area contributed by atoms with Gasteiger partial charge in [0.05, 0.1) is 5.56 Å². The van der Waals surface area contributed by atoms with E-state index < -0.39 is 12.1 Å². The first-order valence-electron chi connectivity index (χ1n) is 10.6. The molecule has 32 heavy (non-hydrogen) atoms. The minimum absolute atomic E-state index is 0.0300. The number of aromatic carboxylic acids is 1. The smallest absolute Gasteiger partial charge is 0.407 e. The Hall–Kier alpha value is -3.86. The number of benzene rings is 3. The Kier molecular flexibility index (Phi) is 6.08. The van der Waals surface area contributed by atoms with Gasteiger partial charge < -0.3 is 15.2 Å². The van der Waals surface area contributed by atoms with Crippen LogP contribution in [0.4, 0.5) is 4.79 Å². The number of ether oxygens (including phenoxy) is 1. The van der Waals surface area contributed by atoms with Gasteiger partial charge in [-0.15, -0.1) is 0 Å². The van der Waals surface area contributed by atoms with Gasteiger partial charge in [0.2, 0.25) is 0 Å². The summed E-state index contributed by atoms with van der Waals surface area (Å²) in [6.45, 7) is 4.15. The molecule has 0 fully saturated rings. The van der Waals surface area contributed by atoms with Gasteiger partial charge in [-0.05, 0) is 52.8 Å². The number of alkyl carbamates (subject to hydrolysis) is 1. The second kappa shape index (κ2) is 9.10. The first kappa shape index (κ1) is 21.4. The molecule has 1 aliphatic carbocycles. The Balaban J connectivity index is 1.33. The molecule has 0 unspecified atom stereocenters. The van der Waals surface area contributed by atoms with Crippen LogP contribution in [-0.2, 0) is 4.74 Å². The Morgan fingerprint density at radius 1 is 0.969 bits per heavy atom. The van der Waals surface area contributed by atoms with E-state index in [1.165, 1.54) is 22.3 Å². The molecule has 0 spiro atoms. The van der Waals surface area contributed by atoms with Crippen LogP contribution in [0.15, 0.2) is 66.7 Å². The van der Waals surface area contributed by atoms with E-state index in [0.717, 1.165) is 5.56 Å². The Morgan fingerprint density at radius 3 is 2.09 bits per heavy atom. The van der Waals surface area contributed by atoms with Crippen LogP contribution in [0, 0.1) is 13.8 Å². The summed E-state index contributed by atoms with van der Waals surface area (Å²) in [4.78, 5) is 23.5. The highest BCUT2D eigenvalue weighted by Crippen LogP contribution is 2.44. The van der Waals surface area contributed by atoms with Crippen molar-refractivity contribution in [1.82, 2.24) is 5.32 Å². The molecule has 3 aromatic carbocycles. The van der Waals surface area contributed by atoms with Crippen LogP contribution in [0.25, 0.3) is 17.2 Å². The molecule has 1 aliphatic rings. The topological polar surface area (TPSA) is 75.6 Å². The van der Waals surface area contributed by atoms with E-state index in [1.54, 1.807) is 13.8 Å². The molecule has 0 radical (unpaired) electrons. The largest absolute Gasteiger partial charge is 0.478 e. The van der Waals surface area contributed by atoms with Crippen LogP contribution in [0.5, 0.6) is 0 Å². The van der Waals surface area contributed by atoms with E-state index in [0.29, 0.717) is 23.2 Å². The Bertz CT molecular complexity index is 1140. The van der Waals surface area contributed by atoms with Crippen LogP contribution in [0.1, 0.15) is 44.1 Å². The lowest BCUT2D eigenvalue weighted by molar-refractivity contribution is 0.0695. The summed E-state index contributed by atoms with van der Waals surface area (Å²) in [7, 11) is 0. The van der Waals surface area contributed by atoms with Crippen LogP contribution in [-0.4, -0.2) is 30.3 Å². The number of amides is 1. The molecule has 0 heterocycles. The van der Waals surface area contributed by atoms with Crippen molar-refractivity contribution in [3.05, 3.63) is 100 Å². The van der Waals surface area contributed by atoms with Gasteiger partial charge >= 0.3 is 12.1 Å². The SMILES string of the molecule is Cc1cc(C=CCNC(=O)OCC2c3ccccc3-c3ccccc32)cc(C)c1C(=O)O. The van der Waals surface area contributed by atoms with Crippen molar-refractivity contribution in [2.75, 3.05) is 13.2 Å². The lowest BCUT2D eigenvalue weighted by Gasteiger charge is -2.14. The number of hydrogen-bond acceptors (Lipinski definition) is 3. The van der Waals surface area contributed by atoms with Crippen LogP contribution < -0.4 is 5.32 Å². The zero-order chi connectivity index (χ0) is 22.7. The number of rotatable bonds is 6. The van der Waals surface area contributed by atoms with Crippen molar-refractivity contribution in [2.45, 2.75) is 19.8 Å². The number of aryl methyl sites for hydroxylation is 2. The maximum Gasteiger partial charge on any atom is 0.407 e. The average Bonchev–Trinajstić information content (AvgIpc) is 3.08. The van der Waals surface area contributed by atoms with Gasteiger partial charge in [-0.25, -0.2) is 9.59 Å². The highest BCUT2D eigenvalue weighted by Gasteiger charge is 2.28. The van der Waals surface area contributed by atoms with Gasteiger partial charge in [-0.3, -0.25) is 0 Å². The molecule has 0 bridgehead atoms. The van der Waals surface area contributed by atoms with Gasteiger partial charge in [0, 0.05) is 12.5 Å². The monoisotopic (exact) mass is 427 g/mol. The fourth-order valence-electron chi connectivity index (χ4n) is 4.42. The van der Waals surface area contributed by atoms with Gasteiger partial charge in [-0.1, -0.05) is 72.8 Å². The fourth-order valence-corrected chi connectivity index (χ4v) is 4.42.